The number of hydrogen-bond acceptors (Lipinski definition) is 3. The van der Waals surface area contributed by atoms with Crippen molar-refractivity contribution in [2.24, 2.45) is 0 Å². The standard InChI is InChI=1S/C7H15NO3/c1-4-6-8(3)7(9)11-10-5-2/h4-6H2,1-3H3. The second-order valence-electron chi connectivity index (χ2n) is 2.18. The van der Waals surface area contributed by atoms with Crippen LogP contribution < -0.4 is 0 Å². The van der Waals surface area contributed by atoms with Gasteiger partial charge in [-0.25, -0.2) is 4.79 Å². The van der Waals surface area contributed by atoms with Crippen LogP contribution in [-0.2, 0) is 9.78 Å². The van der Waals surface area contributed by atoms with Crippen LogP contribution in [0.5, 0.6) is 0 Å². The predicted octanol–water partition coefficient (Wildman–Crippen LogP) is 1.42. The number of rotatable bonds is 4. The molecule has 11 heavy (non-hydrogen) atoms. The van der Waals surface area contributed by atoms with Crippen molar-refractivity contribution < 1.29 is 14.6 Å². The van der Waals surface area contributed by atoms with E-state index in [1.54, 1.807) is 14.0 Å². The maximum atomic E-state index is 10.9. The normalized spacial score (nSPS) is 9.36. The third-order valence-corrected chi connectivity index (χ3v) is 1.12. The molecule has 0 radical (unpaired) electrons. The van der Waals surface area contributed by atoms with Crippen molar-refractivity contribution in [2.75, 3.05) is 20.2 Å². The molecule has 4 heteroatoms. The van der Waals surface area contributed by atoms with Crippen LogP contribution in [0.25, 0.3) is 0 Å². The molecule has 0 aromatic carbocycles. The molecule has 0 fully saturated rings. The zero-order chi connectivity index (χ0) is 8.69. The van der Waals surface area contributed by atoms with Crippen LogP contribution in [-0.4, -0.2) is 31.2 Å². The van der Waals surface area contributed by atoms with Crippen molar-refractivity contribution in [1.29, 1.82) is 0 Å². The molecule has 4 nitrogen and oxygen atoms in total. The molecule has 0 atom stereocenters. The van der Waals surface area contributed by atoms with Crippen molar-refractivity contribution >= 4 is 6.09 Å². The summed E-state index contributed by atoms with van der Waals surface area (Å²) in [4.78, 5) is 21.2. The van der Waals surface area contributed by atoms with E-state index in [-0.39, 0.29) is 0 Å². The largest absolute Gasteiger partial charge is 0.441 e. The Balaban J connectivity index is 3.47. The fraction of sp³-hybridized carbons (Fsp3) is 0.857. The molecule has 0 aromatic rings. The summed E-state index contributed by atoms with van der Waals surface area (Å²) in [5.41, 5.74) is 0. The molecule has 0 bridgehead atoms. The lowest BCUT2D eigenvalue weighted by atomic mass is 10.5. The van der Waals surface area contributed by atoms with Crippen molar-refractivity contribution in [3.63, 3.8) is 0 Å². The molecule has 0 aliphatic heterocycles. The summed E-state index contributed by atoms with van der Waals surface area (Å²) in [5, 5.41) is 0. The molecule has 0 saturated heterocycles. The first-order chi connectivity index (χ1) is 5.22. The summed E-state index contributed by atoms with van der Waals surface area (Å²) in [6.45, 7) is 4.81. The van der Waals surface area contributed by atoms with E-state index in [0.29, 0.717) is 13.2 Å². The second kappa shape index (κ2) is 5.97. The minimum Gasteiger partial charge on any atom is -0.309 e. The van der Waals surface area contributed by atoms with E-state index in [1.807, 2.05) is 6.92 Å². The summed E-state index contributed by atoms with van der Waals surface area (Å²) in [5.74, 6) is 0. The average molecular weight is 161 g/mol. The van der Waals surface area contributed by atoms with E-state index in [1.165, 1.54) is 4.90 Å². The Morgan fingerprint density at radius 3 is 2.55 bits per heavy atom. The van der Waals surface area contributed by atoms with Crippen molar-refractivity contribution in [1.82, 2.24) is 4.90 Å². The van der Waals surface area contributed by atoms with Crippen LogP contribution in [0, 0.1) is 0 Å². The third kappa shape index (κ3) is 4.61. The fourth-order valence-electron chi connectivity index (χ4n) is 0.600. The highest BCUT2D eigenvalue weighted by atomic mass is 17.2. The lowest BCUT2D eigenvalue weighted by Gasteiger charge is -2.13. The van der Waals surface area contributed by atoms with Gasteiger partial charge in [-0.1, -0.05) is 6.92 Å². The Morgan fingerprint density at radius 1 is 1.45 bits per heavy atom. The minimum atomic E-state index is -0.436. The van der Waals surface area contributed by atoms with Gasteiger partial charge in [0.15, 0.2) is 0 Å². The fourth-order valence-corrected chi connectivity index (χ4v) is 0.600. The van der Waals surface area contributed by atoms with Crippen LogP contribution in [0.2, 0.25) is 0 Å². The smallest absolute Gasteiger partial charge is 0.309 e. The molecular weight excluding hydrogens is 146 g/mol. The summed E-state index contributed by atoms with van der Waals surface area (Å²) >= 11 is 0. The van der Waals surface area contributed by atoms with Crippen molar-refractivity contribution in [3.8, 4) is 0 Å². The van der Waals surface area contributed by atoms with Gasteiger partial charge in [-0.2, -0.15) is 4.89 Å². The van der Waals surface area contributed by atoms with Gasteiger partial charge in [-0.15, -0.1) is 0 Å². The molecule has 0 spiro atoms. The number of carbonyl (C=O) groups is 1. The maximum absolute atomic E-state index is 10.9. The zero-order valence-corrected chi connectivity index (χ0v) is 7.29. The quantitative estimate of drug-likeness (QED) is 0.462. The number of amides is 1. The molecule has 1 amide bonds. The first-order valence-corrected chi connectivity index (χ1v) is 3.76. The van der Waals surface area contributed by atoms with E-state index in [0.717, 1.165) is 6.42 Å². The van der Waals surface area contributed by atoms with Crippen LogP contribution in [0.4, 0.5) is 4.79 Å². The zero-order valence-electron chi connectivity index (χ0n) is 7.29. The van der Waals surface area contributed by atoms with E-state index in [4.69, 9.17) is 0 Å². The molecule has 0 rings (SSSR count). The Hall–Kier alpha value is -0.770. The van der Waals surface area contributed by atoms with Crippen LogP contribution in [0.15, 0.2) is 0 Å². The summed E-state index contributed by atoms with van der Waals surface area (Å²) in [7, 11) is 1.67. The van der Waals surface area contributed by atoms with Gasteiger partial charge in [0.2, 0.25) is 0 Å². The van der Waals surface area contributed by atoms with Crippen molar-refractivity contribution in [3.05, 3.63) is 0 Å². The lowest BCUT2D eigenvalue weighted by Crippen LogP contribution is -2.28. The molecule has 0 aliphatic rings. The van der Waals surface area contributed by atoms with Crippen LogP contribution >= 0.6 is 0 Å². The molecule has 66 valence electrons. The predicted molar refractivity (Wildman–Crippen MR) is 41.0 cm³/mol. The topological polar surface area (TPSA) is 38.8 Å². The van der Waals surface area contributed by atoms with E-state index in [9.17, 15) is 4.79 Å². The molecule has 0 heterocycles. The number of nitrogens with zero attached hydrogens (tertiary/aromatic N) is 1. The first-order valence-electron chi connectivity index (χ1n) is 3.76. The Labute approximate surface area is 67.0 Å². The Kier molecular flexibility index (Phi) is 5.56. The monoisotopic (exact) mass is 161 g/mol. The van der Waals surface area contributed by atoms with Gasteiger partial charge in [-0.05, 0) is 13.3 Å². The molecule has 0 saturated carbocycles. The van der Waals surface area contributed by atoms with Crippen LogP contribution in [0.1, 0.15) is 20.3 Å². The summed E-state index contributed by atoms with van der Waals surface area (Å²) < 4.78 is 0. The van der Waals surface area contributed by atoms with Gasteiger partial charge in [0.25, 0.3) is 0 Å². The van der Waals surface area contributed by atoms with Gasteiger partial charge in [0.1, 0.15) is 0 Å². The minimum absolute atomic E-state index is 0.381. The Bertz CT molecular complexity index is 116. The van der Waals surface area contributed by atoms with E-state index >= 15 is 0 Å². The highest BCUT2D eigenvalue weighted by molar-refractivity contribution is 5.66. The van der Waals surface area contributed by atoms with E-state index in [2.05, 4.69) is 9.78 Å². The van der Waals surface area contributed by atoms with Crippen LogP contribution in [0.3, 0.4) is 0 Å². The maximum Gasteiger partial charge on any atom is 0.441 e. The van der Waals surface area contributed by atoms with Gasteiger partial charge in [0, 0.05) is 13.6 Å². The van der Waals surface area contributed by atoms with Gasteiger partial charge < -0.3 is 4.90 Å². The summed E-state index contributed by atoms with van der Waals surface area (Å²) in [6, 6.07) is 0. The molecule has 0 aromatic heterocycles. The van der Waals surface area contributed by atoms with Gasteiger partial charge >= 0.3 is 6.09 Å². The molecular formula is C7H15NO3. The lowest BCUT2D eigenvalue weighted by molar-refractivity contribution is -0.241. The number of carbonyl (C=O) groups excluding carboxylic acids is 1. The highest BCUT2D eigenvalue weighted by Crippen LogP contribution is 1.92. The number of hydrogen-bond donors (Lipinski definition) is 0. The molecule has 0 aliphatic carbocycles. The van der Waals surface area contributed by atoms with Gasteiger partial charge in [0.05, 0.1) is 6.61 Å². The van der Waals surface area contributed by atoms with E-state index < -0.39 is 6.09 Å². The highest BCUT2D eigenvalue weighted by Gasteiger charge is 2.08. The SMILES string of the molecule is CCCN(C)C(=O)OOCC. The second-order valence-corrected chi connectivity index (χ2v) is 2.18. The molecule has 0 unspecified atom stereocenters. The summed E-state index contributed by atoms with van der Waals surface area (Å²) in [6.07, 6.45) is 0.478. The average Bonchev–Trinajstić information content (AvgIpc) is 2.00. The van der Waals surface area contributed by atoms with Gasteiger partial charge in [-0.3, -0.25) is 4.89 Å². The first kappa shape index (κ1) is 10.2. The third-order valence-electron chi connectivity index (χ3n) is 1.12. The van der Waals surface area contributed by atoms with Crippen molar-refractivity contribution in [2.45, 2.75) is 20.3 Å². The Morgan fingerprint density at radius 2 is 2.09 bits per heavy atom. The molecule has 0 N–H and O–H groups in total.